The Kier molecular flexibility index (Phi) is 3.53. The summed E-state index contributed by atoms with van der Waals surface area (Å²) in [7, 11) is 0. The van der Waals surface area contributed by atoms with Crippen LogP contribution in [-0.4, -0.2) is 11.7 Å². The highest BCUT2D eigenvalue weighted by atomic mass is 17.2. The van der Waals surface area contributed by atoms with E-state index in [9.17, 15) is 0 Å². The molecule has 0 aromatic carbocycles. The molecule has 0 radical (unpaired) electrons. The highest BCUT2D eigenvalue weighted by molar-refractivity contribution is 4.77. The Balaban J connectivity index is 2.26. The van der Waals surface area contributed by atoms with Crippen LogP contribution in [0.3, 0.4) is 0 Å². The third kappa shape index (κ3) is 3.11. The van der Waals surface area contributed by atoms with Crippen molar-refractivity contribution in [3.8, 4) is 0 Å². The predicted octanol–water partition coefficient (Wildman–Crippen LogP) is 3.07. The summed E-state index contributed by atoms with van der Waals surface area (Å²) in [5, 5.41) is 0. The molecule has 1 aliphatic rings. The molecule has 0 saturated heterocycles. The van der Waals surface area contributed by atoms with E-state index in [2.05, 4.69) is 6.92 Å². The third-order valence-electron chi connectivity index (χ3n) is 2.35. The van der Waals surface area contributed by atoms with Crippen LogP contribution in [0.4, 0.5) is 0 Å². The second-order valence-corrected chi connectivity index (χ2v) is 4.24. The SMILES string of the molecule is CC(C)OOC1(C)CCCCC1. The third-order valence-corrected chi connectivity index (χ3v) is 2.35. The predicted molar refractivity (Wildman–Crippen MR) is 48.8 cm³/mol. The van der Waals surface area contributed by atoms with Gasteiger partial charge < -0.3 is 0 Å². The van der Waals surface area contributed by atoms with Crippen LogP contribution < -0.4 is 0 Å². The van der Waals surface area contributed by atoms with Gasteiger partial charge in [-0.1, -0.05) is 19.3 Å². The van der Waals surface area contributed by atoms with Crippen LogP contribution in [-0.2, 0) is 9.78 Å². The first-order chi connectivity index (χ1) is 5.62. The van der Waals surface area contributed by atoms with Crippen LogP contribution in [0, 0.1) is 0 Å². The summed E-state index contributed by atoms with van der Waals surface area (Å²) in [6.07, 6.45) is 6.35. The standard InChI is InChI=1S/C10H20O2/c1-9(2)11-12-10(3)7-5-4-6-8-10/h9H,4-8H2,1-3H3. The van der Waals surface area contributed by atoms with E-state index in [0.29, 0.717) is 0 Å². The molecule has 1 aliphatic carbocycles. The van der Waals surface area contributed by atoms with Gasteiger partial charge >= 0.3 is 0 Å². The lowest BCUT2D eigenvalue weighted by atomic mass is 9.87. The Hall–Kier alpha value is -0.0800. The zero-order chi connectivity index (χ0) is 9.03. The van der Waals surface area contributed by atoms with E-state index in [4.69, 9.17) is 9.78 Å². The molecular formula is C10H20O2. The quantitative estimate of drug-likeness (QED) is 0.481. The molecule has 0 spiro atoms. The van der Waals surface area contributed by atoms with E-state index in [1.54, 1.807) is 0 Å². The highest BCUT2D eigenvalue weighted by Gasteiger charge is 2.29. The van der Waals surface area contributed by atoms with Crippen LogP contribution >= 0.6 is 0 Å². The van der Waals surface area contributed by atoms with Crippen molar-refractivity contribution in [1.29, 1.82) is 0 Å². The fraction of sp³-hybridized carbons (Fsp3) is 1.00. The number of rotatable bonds is 3. The van der Waals surface area contributed by atoms with Gasteiger partial charge in [0, 0.05) is 0 Å². The summed E-state index contributed by atoms with van der Waals surface area (Å²) in [5.41, 5.74) is -0.0114. The van der Waals surface area contributed by atoms with Gasteiger partial charge in [0.05, 0.1) is 6.10 Å². The molecule has 0 aliphatic heterocycles. The second kappa shape index (κ2) is 4.24. The Bertz CT molecular complexity index is 126. The van der Waals surface area contributed by atoms with E-state index in [1.165, 1.54) is 19.3 Å². The average Bonchev–Trinajstić information content (AvgIpc) is 2.03. The molecule has 0 atom stereocenters. The Labute approximate surface area is 75.2 Å². The summed E-state index contributed by atoms with van der Waals surface area (Å²) < 4.78 is 0. The fourth-order valence-electron chi connectivity index (χ4n) is 1.60. The molecule has 0 aromatic heterocycles. The summed E-state index contributed by atoms with van der Waals surface area (Å²) in [6.45, 7) is 6.13. The molecule has 2 heteroatoms. The summed E-state index contributed by atoms with van der Waals surface area (Å²) in [6, 6.07) is 0. The first-order valence-corrected chi connectivity index (χ1v) is 4.97. The minimum atomic E-state index is -0.0114. The number of hydrogen-bond acceptors (Lipinski definition) is 2. The molecular weight excluding hydrogens is 152 g/mol. The Morgan fingerprint density at radius 3 is 2.17 bits per heavy atom. The Morgan fingerprint density at radius 2 is 1.67 bits per heavy atom. The molecule has 1 fully saturated rings. The smallest absolute Gasteiger partial charge is 0.101 e. The monoisotopic (exact) mass is 172 g/mol. The van der Waals surface area contributed by atoms with Crippen LogP contribution in [0.25, 0.3) is 0 Å². The minimum absolute atomic E-state index is 0.0114. The van der Waals surface area contributed by atoms with Crippen molar-refractivity contribution < 1.29 is 9.78 Å². The van der Waals surface area contributed by atoms with Gasteiger partial charge in [0.1, 0.15) is 5.60 Å². The lowest BCUT2D eigenvalue weighted by Crippen LogP contribution is -2.32. The van der Waals surface area contributed by atoms with Gasteiger partial charge in [-0.2, -0.15) is 0 Å². The van der Waals surface area contributed by atoms with Crippen LogP contribution in [0.5, 0.6) is 0 Å². The zero-order valence-corrected chi connectivity index (χ0v) is 8.43. The van der Waals surface area contributed by atoms with Gasteiger partial charge in [0.2, 0.25) is 0 Å². The van der Waals surface area contributed by atoms with Crippen LogP contribution in [0.15, 0.2) is 0 Å². The van der Waals surface area contributed by atoms with Crippen LogP contribution in [0.2, 0.25) is 0 Å². The lowest BCUT2D eigenvalue weighted by molar-refractivity contribution is -0.380. The largest absolute Gasteiger partial charge is 0.233 e. The van der Waals surface area contributed by atoms with Gasteiger partial charge in [-0.25, -0.2) is 9.78 Å². The topological polar surface area (TPSA) is 18.5 Å². The van der Waals surface area contributed by atoms with E-state index in [1.807, 2.05) is 13.8 Å². The maximum Gasteiger partial charge on any atom is 0.101 e. The molecule has 0 heterocycles. The van der Waals surface area contributed by atoms with Gasteiger partial charge in [0.15, 0.2) is 0 Å². The molecule has 0 bridgehead atoms. The molecule has 0 N–H and O–H groups in total. The first kappa shape index (κ1) is 10.0. The maximum atomic E-state index is 5.43. The van der Waals surface area contributed by atoms with Crippen molar-refractivity contribution in [2.45, 2.75) is 64.6 Å². The molecule has 2 nitrogen and oxygen atoms in total. The van der Waals surface area contributed by atoms with Crippen molar-refractivity contribution in [2.24, 2.45) is 0 Å². The van der Waals surface area contributed by atoms with Gasteiger partial charge in [0.25, 0.3) is 0 Å². The molecule has 72 valence electrons. The normalized spacial score (nSPS) is 23.0. The van der Waals surface area contributed by atoms with E-state index in [-0.39, 0.29) is 11.7 Å². The molecule has 0 amide bonds. The molecule has 0 unspecified atom stereocenters. The van der Waals surface area contributed by atoms with Crippen molar-refractivity contribution in [3.05, 3.63) is 0 Å². The number of hydrogen-bond donors (Lipinski definition) is 0. The van der Waals surface area contributed by atoms with Crippen molar-refractivity contribution in [3.63, 3.8) is 0 Å². The van der Waals surface area contributed by atoms with Crippen molar-refractivity contribution in [1.82, 2.24) is 0 Å². The Morgan fingerprint density at radius 1 is 1.08 bits per heavy atom. The van der Waals surface area contributed by atoms with Crippen LogP contribution in [0.1, 0.15) is 52.9 Å². The molecule has 0 aromatic rings. The minimum Gasteiger partial charge on any atom is -0.233 e. The van der Waals surface area contributed by atoms with Gasteiger partial charge in [-0.05, 0) is 33.6 Å². The molecule has 12 heavy (non-hydrogen) atoms. The fourth-order valence-corrected chi connectivity index (χ4v) is 1.60. The van der Waals surface area contributed by atoms with E-state index < -0.39 is 0 Å². The second-order valence-electron chi connectivity index (χ2n) is 4.24. The van der Waals surface area contributed by atoms with Gasteiger partial charge in [-0.3, -0.25) is 0 Å². The average molecular weight is 172 g/mol. The van der Waals surface area contributed by atoms with Crippen molar-refractivity contribution in [2.75, 3.05) is 0 Å². The summed E-state index contributed by atoms with van der Waals surface area (Å²) >= 11 is 0. The maximum absolute atomic E-state index is 5.43. The molecule has 1 rings (SSSR count). The molecule has 1 saturated carbocycles. The first-order valence-electron chi connectivity index (χ1n) is 4.97. The summed E-state index contributed by atoms with van der Waals surface area (Å²) in [5.74, 6) is 0. The summed E-state index contributed by atoms with van der Waals surface area (Å²) in [4.78, 5) is 10.6. The van der Waals surface area contributed by atoms with E-state index in [0.717, 1.165) is 12.8 Å². The van der Waals surface area contributed by atoms with Gasteiger partial charge in [-0.15, -0.1) is 0 Å². The van der Waals surface area contributed by atoms with Crippen molar-refractivity contribution >= 4 is 0 Å². The zero-order valence-electron chi connectivity index (χ0n) is 8.43. The highest BCUT2D eigenvalue weighted by Crippen LogP contribution is 2.31. The lowest BCUT2D eigenvalue weighted by Gasteiger charge is -2.32. The van der Waals surface area contributed by atoms with E-state index >= 15 is 0 Å².